The molecule has 0 aromatic carbocycles. The number of hydrogen-bond donors (Lipinski definition) is 1. The Kier molecular flexibility index (Phi) is 2.85. The topological polar surface area (TPSA) is 23.5 Å². The second-order valence-corrected chi connectivity index (χ2v) is 5.76. The van der Waals surface area contributed by atoms with Crippen LogP contribution in [-0.4, -0.2) is 35.7 Å². The van der Waals surface area contributed by atoms with Gasteiger partial charge in [-0.1, -0.05) is 26.7 Å². The zero-order valence-electron chi connectivity index (χ0n) is 9.50. The molecule has 2 rings (SSSR count). The number of nitrogens with zero attached hydrogens (tertiary/aromatic N) is 1. The summed E-state index contributed by atoms with van der Waals surface area (Å²) in [5.74, 6) is 0.472. The molecule has 2 unspecified atom stereocenters. The van der Waals surface area contributed by atoms with Crippen molar-refractivity contribution >= 4 is 0 Å². The number of rotatable bonds is 2. The lowest BCUT2D eigenvalue weighted by atomic mass is 9.88. The fourth-order valence-electron chi connectivity index (χ4n) is 3.10. The van der Waals surface area contributed by atoms with Gasteiger partial charge in [-0.05, 0) is 24.2 Å². The molecule has 14 heavy (non-hydrogen) atoms. The highest BCUT2D eigenvalue weighted by atomic mass is 16.3. The average molecular weight is 197 g/mol. The van der Waals surface area contributed by atoms with Crippen molar-refractivity contribution in [3.8, 4) is 0 Å². The first kappa shape index (κ1) is 10.4. The van der Waals surface area contributed by atoms with E-state index in [9.17, 15) is 5.11 Å². The molecule has 1 aliphatic carbocycles. The molecule has 82 valence electrons. The lowest BCUT2D eigenvalue weighted by Crippen LogP contribution is -2.33. The lowest BCUT2D eigenvalue weighted by Gasteiger charge is -2.29. The van der Waals surface area contributed by atoms with Crippen LogP contribution >= 0.6 is 0 Å². The van der Waals surface area contributed by atoms with Gasteiger partial charge in [0.05, 0.1) is 6.10 Å². The summed E-state index contributed by atoms with van der Waals surface area (Å²) >= 11 is 0. The minimum Gasteiger partial charge on any atom is -0.391 e. The van der Waals surface area contributed by atoms with Crippen LogP contribution in [0.4, 0.5) is 0 Å². The van der Waals surface area contributed by atoms with E-state index in [1.807, 2.05) is 0 Å². The van der Waals surface area contributed by atoms with Crippen LogP contribution in [0.2, 0.25) is 0 Å². The molecule has 2 atom stereocenters. The molecule has 0 aromatic rings. The van der Waals surface area contributed by atoms with E-state index in [0.717, 1.165) is 13.1 Å². The average Bonchev–Trinajstić information content (AvgIpc) is 2.62. The molecule has 1 heterocycles. The summed E-state index contributed by atoms with van der Waals surface area (Å²) in [6.07, 6.45) is 5.49. The number of β-amino-alcohol motifs (C(OH)–C–C–N with tert-alkyl or cyclic N) is 1. The molecule has 0 aromatic heterocycles. The van der Waals surface area contributed by atoms with E-state index < -0.39 is 0 Å². The summed E-state index contributed by atoms with van der Waals surface area (Å²) in [6, 6.07) is 0. The van der Waals surface area contributed by atoms with E-state index in [2.05, 4.69) is 18.7 Å². The Morgan fingerprint density at radius 3 is 2.43 bits per heavy atom. The third kappa shape index (κ3) is 2.12. The van der Waals surface area contributed by atoms with Gasteiger partial charge in [0.1, 0.15) is 0 Å². The van der Waals surface area contributed by atoms with E-state index in [-0.39, 0.29) is 6.10 Å². The molecule has 0 amide bonds. The number of aliphatic hydroxyl groups is 1. The Morgan fingerprint density at radius 2 is 1.93 bits per heavy atom. The first-order chi connectivity index (χ1) is 6.59. The van der Waals surface area contributed by atoms with Gasteiger partial charge in [0.15, 0.2) is 0 Å². The van der Waals surface area contributed by atoms with Crippen LogP contribution in [0.1, 0.15) is 39.5 Å². The summed E-state index contributed by atoms with van der Waals surface area (Å²) in [7, 11) is 0. The van der Waals surface area contributed by atoms with E-state index >= 15 is 0 Å². The number of aliphatic hydroxyl groups excluding tert-OH is 1. The van der Waals surface area contributed by atoms with E-state index in [0.29, 0.717) is 11.3 Å². The van der Waals surface area contributed by atoms with Crippen molar-refractivity contribution in [1.82, 2.24) is 4.90 Å². The third-order valence-corrected chi connectivity index (χ3v) is 4.06. The molecule has 2 nitrogen and oxygen atoms in total. The highest BCUT2D eigenvalue weighted by molar-refractivity contribution is 4.88. The molecule has 0 spiro atoms. The highest BCUT2D eigenvalue weighted by Gasteiger charge is 2.35. The van der Waals surface area contributed by atoms with Gasteiger partial charge in [-0.3, -0.25) is 4.90 Å². The Morgan fingerprint density at radius 1 is 1.29 bits per heavy atom. The van der Waals surface area contributed by atoms with Gasteiger partial charge in [0.25, 0.3) is 0 Å². The highest BCUT2D eigenvalue weighted by Crippen LogP contribution is 2.38. The Balaban J connectivity index is 1.86. The van der Waals surface area contributed by atoms with Crippen LogP contribution in [0.25, 0.3) is 0 Å². The van der Waals surface area contributed by atoms with Crippen molar-refractivity contribution in [3.63, 3.8) is 0 Å². The van der Waals surface area contributed by atoms with Crippen molar-refractivity contribution in [2.45, 2.75) is 45.6 Å². The smallest absolute Gasteiger partial charge is 0.0704 e. The van der Waals surface area contributed by atoms with Gasteiger partial charge >= 0.3 is 0 Å². The predicted molar refractivity (Wildman–Crippen MR) is 58.2 cm³/mol. The summed E-state index contributed by atoms with van der Waals surface area (Å²) in [5, 5.41) is 9.68. The first-order valence-corrected chi connectivity index (χ1v) is 5.99. The van der Waals surface area contributed by atoms with Crippen LogP contribution in [0, 0.1) is 11.3 Å². The van der Waals surface area contributed by atoms with Crippen molar-refractivity contribution in [2.75, 3.05) is 19.6 Å². The number of hydrogen-bond acceptors (Lipinski definition) is 2. The molecule has 1 saturated carbocycles. The van der Waals surface area contributed by atoms with Crippen LogP contribution in [0.5, 0.6) is 0 Å². The summed E-state index contributed by atoms with van der Waals surface area (Å²) < 4.78 is 0. The predicted octanol–water partition coefficient (Wildman–Crippen LogP) is 1.88. The fourth-order valence-corrected chi connectivity index (χ4v) is 3.10. The maximum Gasteiger partial charge on any atom is 0.0704 e. The molecule has 1 aliphatic heterocycles. The maximum atomic E-state index is 9.68. The van der Waals surface area contributed by atoms with Gasteiger partial charge in [-0.25, -0.2) is 0 Å². The van der Waals surface area contributed by atoms with Gasteiger partial charge in [0, 0.05) is 19.6 Å². The summed E-state index contributed by atoms with van der Waals surface area (Å²) in [4.78, 5) is 2.46. The molecular weight excluding hydrogens is 174 g/mol. The summed E-state index contributed by atoms with van der Waals surface area (Å²) in [5.41, 5.74) is 0.545. The van der Waals surface area contributed by atoms with Crippen LogP contribution < -0.4 is 0 Å². The minimum absolute atomic E-state index is 0.0833. The van der Waals surface area contributed by atoms with Gasteiger partial charge in [-0.15, -0.1) is 0 Å². The zero-order chi connectivity index (χ0) is 10.2. The maximum absolute atomic E-state index is 9.68. The zero-order valence-corrected chi connectivity index (χ0v) is 9.50. The number of likely N-dealkylation sites (tertiary alicyclic amines) is 1. The molecule has 2 aliphatic rings. The second-order valence-electron chi connectivity index (χ2n) is 5.76. The standard InChI is InChI=1S/C12H23NO/c1-10-7-13(8-11(10)14)9-12(2)5-3-4-6-12/h10-11,14H,3-9H2,1-2H3. The van der Waals surface area contributed by atoms with Crippen molar-refractivity contribution < 1.29 is 5.11 Å². The SMILES string of the molecule is CC1CN(CC2(C)CCCC2)CC1O. The largest absolute Gasteiger partial charge is 0.391 e. The van der Waals surface area contributed by atoms with Gasteiger partial charge < -0.3 is 5.11 Å². The Labute approximate surface area is 87.3 Å². The van der Waals surface area contributed by atoms with Crippen molar-refractivity contribution in [2.24, 2.45) is 11.3 Å². The quantitative estimate of drug-likeness (QED) is 0.730. The molecular formula is C12H23NO. The Hall–Kier alpha value is -0.0800. The van der Waals surface area contributed by atoms with Crippen LogP contribution in [0.3, 0.4) is 0 Å². The van der Waals surface area contributed by atoms with E-state index in [1.165, 1.54) is 32.2 Å². The molecule has 1 saturated heterocycles. The Bertz CT molecular complexity index is 188. The third-order valence-electron chi connectivity index (χ3n) is 4.06. The normalized spacial score (nSPS) is 37.9. The molecule has 0 radical (unpaired) electrons. The first-order valence-electron chi connectivity index (χ1n) is 5.99. The van der Waals surface area contributed by atoms with Crippen molar-refractivity contribution in [1.29, 1.82) is 0 Å². The minimum atomic E-state index is -0.0833. The summed E-state index contributed by atoms with van der Waals surface area (Å²) in [6.45, 7) is 7.76. The van der Waals surface area contributed by atoms with Gasteiger partial charge in [-0.2, -0.15) is 0 Å². The molecule has 2 fully saturated rings. The van der Waals surface area contributed by atoms with Crippen LogP contribution in [-0.2, 0) is 0 Å². The molecule has 2 heteroatoms. The fraction of sp³-hybridized carbons (Fsp3) is 1.00. The molecule has 0 bridgehead atoms. The van der Waals surface area contributed by atoms with Crippen LogP contribution in [0.15, 0.2) is 0 Å². The lowest BCUT2D eigenvalue weighted by molar-refractivity contribution is 0.137. The van der Waals surface area contributed by atoms with Crippen molar-refractivity contribution in [3.05, 3.63) is 0 Å². The molecule has 1 N–H and O–H groups in total. The second kappa shape index (κ2) is 3.82. The van der Waals surface area contributed by atoms with E-state index in [4.69, 9.17) is 0 Å². The monoisotopic (exact) mass is 197 g/mol. The van der Waals surface area contributed by atoms with Gasteiger partial charge in [0.2, 0.25) is 0 Å². The van der Waals surface area contributed by atoms with E-state index in [1.54, 1.807) is 0 Å².